The number of hydrogen-bond acceptors (Lipinski definition) is 7. The van der Waals surface area contributed by atoms with E-state index in [0.29, 0.717) is 10.8 Å². The Kier molecular flexibility index (Phi) is 6.48. The first-order valence-electron chi connectivity index (χ1n) is 9.32. The van der Waals surface area contributed by atoms with Crippen molar-refractivity contribution >= 4 is 34.6 Å². The lowest BCUT2D eigenvalue weighted by molar-refractivity contribution is -0.384. The van der Waals surface area contributed by atoms with E-state index in [9.17, 15) is 19.7 Å². The summed E-state index contributed by atoms with van der Waals surface area (Å²) in [5.41, 5.74) is 1.15. The van der Waals surface area contributed by atoms with Crippen molar-refractivity contribution in [1.29, 1.82) is 0 Å². The molecule has 3 rings (SSSR count). The number of nitro groups is 1. The number of nitro benzene ring substituents is 1. The molecule has 0 unspecified atom stereocenters. The average Bonchev–Trinajstić information content (AvgIpc) is 3.15. The van der Waals surface area contributed by atoms with E-state index in [4.69, 9.17) is 9.47 Å². The van der Waals surface area contributed by atoms with Gasteiger partial charge in [0, 0.05) is 17.0 Å². The van der Waals surface area contributed by atoms with Crippen molar-refractivity contribution in [3.05, 3.63) is 49.7 Å². The van der Waals surface area contributed by atoms with Crippen LogP contribution in [-0.2, 0) is 22.4 Å². The quantitative estimate of drug-likeness (QED) is 0.414. The van der Waals surface area contributed by atoms with Crippen LogP contribution in [0.5, 0.6) is 5.75 Å². The number of aryl methyl sites for hydroxylation is 1. The lowest BCUT2D eigenvalue weighted by Gasteiger charge is -2.19. The van der Waals surface area contributed by atoms with Crippen LogP contribution in [0.25, 0.3) is 0 Å². The van der Waals surface area contributed by atoms with Crippen molar-refractivity contribution < 1.29 is 24.0 Å². The van der Waals surface area contributed by atoms with Crippen LogP contribution in [0.1, 0.15) is 39.9 Å². The summed E-state index contributed by atoms with van der Waals surface area (Å²) in [6.07, 6.45) is 4.20. The summed E-state index contributed by atoms with van der Waals surface area (Å²) in [6.45, 7) is 1.68. The van der Waals surface area contributed by atoms with Crippen LogP contribution in [0.3, 0.4) is 0 Å². The number of rotatable bonds is 7. The molecular weight excluding hydrogens is 396 g/mol. The van der Waals surface area contributed by atoms with E-state index in [-0.39, 0.29) is 17.1 Å². The van der Waals surface area contributed by atoms with Crippen LogP contribution >= 0.6 is 11.3 Å². The molecule has 0 bridgehead atoms. The van der Waals surface area contributed by atoms with Gasteiger partial charge in [0.15, 0.2) is 6.61 Å². The third kappa shape index (κ3) is 4.92. The maximum absolute atomic E-state index is 12.3. The highest BCUT2D eigenvalue weighted by Crippen LogP contribution is 2.34. The summed E-state index contributed by atoms with van der Waals surface area (Å²) in [5.74, 6) is -0.230. The molecule has 8 nitrogen and oxygen atoms in total. The van der Waals surface area contributed by atoms with Crippen LogP contribution < -0.4 is 10.1 Å². The van der Waals surface area contributed by atoms with Gasteiger partial charge in [-0.3, -0.25) is 14.9 Å². The van der Waals surface area contributed by atoms with E-state index in [0.717, 1.165) is 25.7 Å². The van der Waals surface area contributed by atoms with Gasteiger partial charge in [0.2, 0.25) is 0 Å². The Morgan fingerprint density at radius 2 is 2.14 bits per heavy atom. The minimum atomic E-state index is -0.607. The summed E-state index contributed by atoms with van der Waals surface area (Å²) < 4.78 is 10.2. The fourth-order valence-electron chi connectivity index (χ4n) is 3.34. The number of thiophene rings is 1. The zero-order valence-electron chi connectivity index (χ0n) is 16.2. The minimum absolute atomic E-state index is 0.139. The van der Waals surface area contributed by atoms with E-state index in [2.05, 4.69) is 12.2 Å². The minimum Gasteiger partial charge on any atom is -0.495 e. The molecule has 1 N–H and O–H groups in total. The smallest absolute Gasteiger partial charge is 0.348 e. The van der Waals surface area contributed by atoms with Crippen LogP contribution in [0.2, 0.25) is 0 Å². The second kappa shape index (κ2) is 9.04. The number of nitrogens with one attached hydrogen (secondary N) is 1. The summed E-state index contributed by atoms with van der Waals surface area (Å²) in [4.78, 5) is 36.5. The fraction of sp³-hybridized carbons (Fsp3) is 0.400. The highest BCUT2D eigenvalue weighted by atomic mass is 32.1. The Morgan fingerprint density at radius 1 is 1.34 bits per heavy atom. The molecule has 1 aromatic heterocycles. The molecule has 1 amide bonds. The third-order valence-electron chi connectivity index (χ3n) is 4.97. The number of esters is 1. The molecule has 1 aromatic carbocycles. The molecule has 0 spiro atoms. The monoisotopic (exact) mass is 418 g/mol. The number of ether oxygens (including phenoxy) is 2. The van der Waals surface area contributed by atoms with Crippen molar-refractivity contribution in [3.8, 4) is 5.75 Å². The van der Waals surface area contributed by atoms with Crippen molar-refractivity contribution in [2.45, 2.75) is 32.6 Å². The number of methoxy groups -OCH3 is 1. The summed E-state index contributed by atoms with van der Waals surface area (Å²) in [5, 5.41) is 13.4. The fourth-order valence-corrected chi connectivity index (χ4v) is 4.45. The first-order valence-corrected chi connectivity index (χ1v) is 10.1. The van der Waals surface area contributed by atoms with Gasteiger partial charge in [-0.2, -0.15) is 0 Å². The molecule has 29 heavy (non-hydrogen) atoms. The Labute approximate surface area is 172 Å². The maximum atomic E-state index is 12.3. The van der Waals surface area contributed by atoms with Gasteiger partial charge >= 0.3 is 5.97 Å². The first-order chi connectivity index (χ1) is 13.9. The molecule has 154 valence electrons. The topological polar surface area (TPSA) is 108 Å². The van der Waals surface area contributed by atoms with Crippen molar-refractivity contribution in [2.24, 2.45) is 5.92 Å². The molecule has 9 heteroatoms. The number of carbonyl (C=O) groups excluding carboxylic acids is 2. The van der Waals surface area contributed by atoms with E-state index in [1.165, 1.54) is 47.1 Å². The molecule has 0 aliphatic heterocycles. The zero-order chi connectivity index (χ0) is 21.0. The van der Waals surface area contributed by atoms with Crippen LogP contribution in [-0.4, -0.2) is 30.5 Å². The third-order valence-corrected chi connectivity index (χ3v) is 6.18. The number of anilines is 1. The lowest BCUT2D eigenvalue weighted by atomic mass is 9.87. The van der Waals surface area contributed by atoms with Crippen molar-refractivity contribution in [1.82, 2.24) is 0 Å². The summed E-state index contributed by atoms with van der Waals surface area (Å²) in [7, 11) is 1.39. The van der Waals surface area contributed by atoms with Crippen LogP contribution in [0.4, 0.5) is 11.4 Å². The molecule has 1 heterocycles. The van der Waals surface area contributed by atoms with E-state index in [1.54, 1.807) is 0 Å². The van der Waals surface area contributed by atoms with Crippen molar-refractivity contribution in [3.63, 3.8) is 0 Å². The number of benzene rings is 1. The number of amides is 1. The second-order valence-corrected chi connectivity index (χ2v) is 7.98. The van der Waals surface area contributed by atoms with Crippen molar-refractivity contribution in [2.75, 3.05) is 19.0 Å². The van der Waals surface area contributed by atoms with Gasteiger partial charge in [0.05, 0.1) is 17.7 Å². The second-order valence-electron chi connectivity index (χ2n) is 6.84. The van der Waals surface area contributed by atoms with Gasteiger partial charge in [0.1, 0.15) is 10.6 Å². The molecule has 0 saturated heterocycles. The SMILES string of the molecule is CC[C@H]1CCc2sc(C(=O)OCC(=O)Nc3cc([N+](=O)[O-])ccc3OC)cc2C1. The number of fused-ring (bicyclic) bond motifs is 1. The number of carbonyl (C=O) groups is 2. The highest BCUT2D eigenvalue weighted by Gasteiger charge is 2.23. The summed E-state index contributed by atoms with van der Waals surface area (Å²) >= 11 is 1.42. The van der Waals surface area contributed by atoms with Crippen LogP contribution in [0.15, 0.2) is 24.3 Å². The van der Waals surface area contributed by atoms with Gasteiger partial charge in [-0.05, 0) is 42.9 Å². The van der Waals surface area contributed by atoms with Crippen LogP contribution in [0, 0.1) is 16.0 Å². The number of non-ortho nitro benzene ring substituents is 1. The predicted octanol–water partition coefficient (Wildman–Crippen LogP) is 3.98. The maximum Gasteiger partial charge on any atom is 0.348 e. The standard InChI is InChI=1S/C20H22N2O6S/c1-3-12-4-7-17-13(8-12)9-18(29-17)20(24)28-11-19(23)21-15-10-14(22(25)26)5-6-16(15)27-2/h5-6,9-10,12H,3-4,7-8,11H2,1-2H3,(H,21,23)/t12-/m0/s1. The molecule has 0 saturated carbocycles. The zero-order valence-corrected chi connectivity index (χ0v) is 17.0. The predicted molar refractivity (Wildman–Crippen MR) is 109 cm³/mol. The Bertz CT molecular complexity index is 939. The Hall–Kier alpha value is -2.94. The molecule has 0 radical (unpaired) electrons. The molecular formula is C20H22N2O6S. The van der Waals surface area contributed by atoms with Gasteiger partial charge in [-0.1, -0.05) is 13.3 Å². The van der Waals surface area contributed by atoms with E-state index >= 15 is 0 Å². The molecule has 0 fully saturated rings. The molecule has 1 aliphatic carbocycles. The molecule has 2 aromatic rings. The largest absolute Gasteiger partial charge is 0.495 e. The highest BCUT2D eigenvalue weighted by molar-refractivity contribution is 7.14. The van der Waals surface area contributed by atoms with Gasteiger partial charge < -0.3 is 14.8 Å². The Balaban J connectivity index is 1.60. The Morgan fingerprint density at radius 3 is 2.83 bits per heavy atom. The first kappa shape index (κ1) is 20.8. The average molecular weight is 418 g/mol. The van der Waals surface area contributed by atoms with E-state index < -0.39 is 23.4 Å². The number of hydrogen-bond donors (Lipinski definition) is 1. The van der Waals surface area contributed by atoms with Gasteiger partial charge in [-0.25, -0.2) is 4.79 Å². The number of nitrogens with zero attached hydrogens (tertiary/aromatic N) is 1. The van der Waals surface area contributed by atoms with Gasteiger partial charge in [0.25, 0.3) is 11.6 Å². The normalized spacial score (nSPS) is 15.3. The molecule has 1 atom stereocenters. The summed E-state index contributed by atoms with van der Waals surface area (Å²) in [6, 6.07) is 5.72. The molecule has 1 aliphatic rings. The van der Waals surface area contributed by atoms with Gasteiger partial charge in [-0.15, -0.1) is 11.3 Å². The lowest BCUT2D eigenvalue weighted by Crippen LogP contribution is -2.21. The van der Waals surface area contributed by atoms with E-state index in [1.807, 2.05) is 6.07 Å².